The third-order valence-electron chi connectivity index (χ3n) is 2.53. The third-order valence-corrected chi connectivity index (χ3v) is 3.42. The third kappa shape index (κ3) is 2.18. The number of carboxylic acid groups (broad SMARTS) is 1. The van der Waals surface area contributed by atoms with Crippen molar-refractivity contribution in [2.75, 3.05) is 0 Å². The Morgan fingerprint density at radius 1 is 1.47 bits per heavy atom. The topological polar surface area (TPSA) is 37.3 Å². The van der Waals surface area contributed by atoms with E-state index in [-0.39, 0.29) is 12.3 Å². The molecule has 78 valence electrons. The van der Waals surface area contributed by atoms with E-state index < -0.39 is 5.97 Å². The van der Waals surface area contributed by atoms with Crippen LogP contribution in [0.2, 0.25) is 0 Å². The first kappa shape index (κ1) is 10.2. The maximum absolute atomic E-state index is 10.6. The van der Waals surface area contributed by atoms with Crippen LogP contribution in [0.1, 0.15) is 24.8 Å². The maximum Gasteiger partial charge on any atom is 0.303 e. The Labute approximate surface area is 92.2 Å². The number of thiophene rings is 1. The lowest BCUT2D eigenvalue weighted by molar-refractivity contribution is -0.137. The Morgan fingerprint density at radius 3 is 3.00 bits per heavy atom. The summed E-state index contributed by atoms with van der Waals surface area (Å²) in [6, 6.07) is 8.23. The highest BCUT2D eigenvalue weighted by Gasteiger charge is 2.10. The molecule has 1 heterocycles. The van der Waals surface area contributed by atoms with Gasteiger partial charge in [-0.15, -0.1) is 11.3 Å². The van der Waals surface area contributed by atoms with Crippen molar-refractivity contribution in [3.63, 3.8) is 0 Å². The van der Waals surface area contributed by atoms with E-state index in [1.54, 1.807) is 11.3 Å². The summed E-state index contributed by atoms with van der Waals surface area (Å²) in [6.45, 7) is 1.95. The second kappa shape index (κ2) is 4.03. The predicted molar refractivity (Wildman–Crippen MR) is 62.5 cm³/mol. The molecule has 1 unspecified atom stereocenters. The molecule has 0 saturated heterocycles. The number of benzene rings is 1. The number of carboxylic acids is 1. The van der Waals surface area contributed by atoms with Gasteiger partial charge in [0.25, 0.3) is 0 Å². The van der Waals surface area contributed by atoms with Gasteiger partial charge in [-0.3, -0.25) is 4.79 Å². The summed E-state index contributed by atoms with van der Waals surface area (Å²) < 4.78 is 1.25. The van der Waals surface area contributed by atoms with Crippen molar-refractivity contribution in [1.29, 1.82) is 0 Å². The summed E-state index contributed by atoms with van der Waals surface area (Å²) >= 11 is 1.71. The van der Waals surface area contributed by atoms with Gasteiger partial charge < -0.3 is 5.11 Å². The van der Waals surface area contributed by atoms with Crippen LogP contribution in [0, 0.1) is 0 Å². The molecule has 2 nitrogen and oxygen atoms in total. The molecule has 2 aromatic rings. The Hall–Kier alpha value is -1.35. The van der Waals surface area contributed by atoms with Crippen molar-refractivity contribution < 1.29 is 9.90 Å². The molecule has 0 aliphatic rings. The largest absolute Gasteiger partial charge is 0.481 e. The second-order valence-corrected chi connectivity index (χ2v) is 4.66. The van der Waals surface area contributed by atoms with Crippen LogP contribution in [-0.4, -0.2) is 11.1 Å². The van der Waals surface area contributed by atoms with E-state index in [0.717, 1.165) is 5.56 Å². The molecule has 1 atom stereocenters. The molecule has 0 saturated carbocycles. The predicted octanol–water partition coefficient (Wildman–Crippen LogP) is 3.48. The van der Waals surface area contributed by atoms with Gasteiger partial charge in [0.1, 0.15) is 0 Å². The van der Waals surface area contributed by atoms with Crippen LogP contribution < -0.4 is 0 Å². The highest BCUT2D eigenvalue weighted by atomic mass is 32.1. The molecular formula is C12H12O2S. The summed E-state index contributed by atoms with van der Waals surface area (Å²) in [7, 11) is 0. The van der Waals surface area contributed by atoms with Crippen LogP contribution in [0.5, 0.6) is 0 Å². The minimum Gasteiger partial charge on any atom is -0.481 e. The van der Waals surface area contributed by atoms with E-state index >= 15 is 0 Å². The zero-order chi connectivity index (χ0) is 10.8. The van der Waals surface area contributed by atoms with E-state index in [1.807, 2.05) is 13.0 Å². The van der Waals surface area contributed by atoms with Crippen molar-refractivity contribution in [1.82, 2.24) is 0 Å². The molecule has 1 N–H and O–H groups in total. The fourth-order valence-corrected chi connectivity index (χ4v) is 2.44. The molecule has 15 heavy (non-hydrogen) atoms. The number of aliphatic carboxylic acids is 1. The second-order valence-electron chi connectivity index (χ2n) is 3.72. The number of fused-ring (bicyclic) bond motifs is 1. The van der Waals surface area contributed by atoms with Crippen molar-refractivity contribution in [2.24, 2.45) is 0 Å². The fraction of sp³-hybridized carbons (Fsp3) is 0.250. The van der Waals surface area contributed by atoms with Gasteiger partial charge in [0.05, 0.1) is 6.42 Å². The zero-order valence-electron chi connectivity index (χ0n) is 8.43. The van der Waals surface area contributed by atoms with Crippen molar-refractivity contribution in [3.05, 3.63) is 35.2 Å². The first-order valence-electron chi connectivity index (χ1n) is 4.86. The van der Waals surface area contributed by atoms with Crippen molar-refractivity contribution in [2.45, 2.75) is 19.3 Å². The molecule has 2 rings (SSSR count). The zero-order valence-corrected chi connectivity index (χ0v) is 9.25. The molecule has 0 bridgehead atoms. The van der Waals surface area contributed by atoms with Crippen LogP contribution in [0.4, 0.5) is 0 Å². The molecule has 0 fully saturated rings. The average Bonchev–Trinajstić information content (AvgIpc) is 2.62. The van der Waals surface area contributed by atoms with E-state index in [0.29, 0.717) is 0 Å². The highest BCUT2D eigenvalue weighted by molar-refractivity contribution is 7.17. The summed E-state index contributed by atoms with van der Waals surface area (Å²) in [5.74, 6) is -0.667. The lowest BCUT2D eigenvalue weighted by Gasteiger charge is -2.08. The smallest absolute Gasteiger partial charge is 0.303 e. The average molecular weight is 220 g/mol. The minimum absolute atomic E-state index is 0.0757. The molecule has 0 radical (unpaired) electrons. The Morgan fingerprint density at radius 2 is 2.27 bits per heavy atom. The normalized spacial score (nSPS) is 12.9. The standard InChI is InChI=1S/C12H12O2S/c1-8(6-12(13)14)9-2-3-11-10(7-9)4-5-15-11/h2-5,7-8H,6H2,1H3,(H,13,14). The van der Waals surface area contributed by atoms with Gasteiger partial charge in [-0.25, -0.2) is 0 Å². The number of hydrogen-bond acceptors (Lipinski definition) is 2. The van der Waals surface area contributed by atoms with E-state index in [4.69, 9.17) is 5.11 Å². The summed E-state index contributed by atoms with van der Waals surface area (Å²) in [5, 5.41) is 12.0. The highest BCUT2D eigenvalue weighted by Crippen LogP contribution is 2.26. The molecule has 1 aromatic heterocycles. The van der Waals surface area contributed by atoms with Gasteiger partial charge in [0.2, 0.25) is 0 Å². The quantitative estimate of drug-likeness (QED) is 0.859. The van der Waals surface area contributed by atoms with Gasteiger partial charge in [-0.1, -0.05) is 19.1 Å². The number of hydrogen-bond donors (Lipinski definition) is 1. The molecule has 1 aromatic carbocycles. The lowest BCUT2D eigenvalue weighted by Crippen LogP contribution is -2.02. The lowest BCUT2D eigenvalue weighted by atomic mass is 9.97. The van der Waals surface area contributed by atoms with E-state index in [1.165, 1.54) is 10.1 Å². The first-order valence-corrected chi connectivity index (χ1v) is 5.74. The Bertz CT molecular complexity index is 487. The SMILES string of the molecule is CC(CC(=O)O)c1ccc2sccc2c1. The molecular weight excluding hydrogens is 208 g/mol. The molecule has 0 aliphatic heterocycles. The van der Waals surface area contributed by atoms with E-state index in [2.05, 4.69) is 23.6 Å². The Balaban J connectivity index is 2.30. The van der Waals surface area contributed by atoms with Gasteiger partial charge in [0, 0.05) is 4.70 Å². The monoisotopic (exact) mass is 220 g/mol. The maximum atomic E-state index is 10.6. The van der Waals surface area contributed by atoms with Gasteiger partial charge in [-0.05, 0) is 34.4 Å². The van der Waals surface area contributed by atoms with Crippen LogP contribution in [0.15, 0.2) is 29.6 Å². The molecule has 3 heteroatoms. The van der Waals surface area contributed by atoms with Gasteiger partial charge >= 0.3 is 5.97 Å². The number of rotatable bonds is 3. The van der Waals surface area contributed by atoms with Crippen LogP contribution in [0.3, 0.4) is 0 Å². The minimum atomic E-state index is -0.743. The first-order chi connectivity index (χ1) is 7.16. The van der Waals surface area contributed by atoms with Crippen LogP contribution >= 0.6 is 11.3 Å². The van der Waals surface area contributed by atoms with Gasteiger partial charge in [0.15, 0.2) is 0 Å². The van der Waals surface area contributed by atoms with Crippen molar-refractivity contribution >= 4 is 27.4 Å². The van der Waals surface area contributed by atoms with Crippen LogP contribution in [-0.2, 0) is 4.79 Å². The number of carbonyl (C=O) groups is 1. The van der Waals surface area contributed by atoms with Crippen molar-refractivity contribution in [3.8, 4) is 0 Å². The molecule has 0 spiro atoms. The summed E-state index contributed by atoms with van der Waals surface area (Å²) in [4.78, 5) is 10.6. The van der Waals surface area contributed by atoms with E-state index in [9.17, 15) is 4.79 Å². The summed E-state index contributed by atoms with van der Waals surface area (Å²) in [5.41, 5.74) is 1.10. The summed E-state index contributed by atoms with van der Waals surface area (Å²) in [6.07, 6.45) is 0.190. The van der Waals surface area contributed by atoms with Gasteiger partial charge in [-0.2, -0.15) is 0 Å². The fourth-order valence-electron chi connectivity index (χ4n) is 1.67. The van der Waals surface area contributed by atoms with Crippen LogP contribution in [0.25, 0.3) is 10.1 Å². The Kier molecular flexibility index (Phi) is 2.73. The molecule has 0 amide bonds. The molecule has 0 aliphatic carbocycles.